The van der Waals surface area contributed by atoms with Gasteiger partial charge in [0.05, 0.1) is 17.4 Å². The lowest BCUT2D eigenvalue weighted by molar-refractivity contribution is 0.0819. The van der Waals surface area contributed by atoms with Crippen LogP contribution >= 0.6 is 0 Å². The summed E-state index contributed by atoms with van der Waals surface area (Å²) in [7, 11) is 5.02. The molecular formula is C26H32N6O4. The van der Waals surface area contributed by atoms with Crippen LogP contribution in [0.5, 0.6) is 5.75 Å². The van der Waals surface area contributed by atoms with Crippen LogP contribution in [-0.2, 0) is 7.05 Å². The third-order valence-corrected chi connectivity index (χ3v) is 7.61. The summed E-state index contributed by atoms with van der Waals surface area (Å²) in [6, 6.07) is 1.22. The highest BCUT2D eigenvalue weighted by molar-refractivity contribution is 5.97. The van der Waals surface area contributed by atoms with Crippen LogP contribution < -0.4 is 21.5 Å². The number of carbonyl (C=O) groups excluding carboxylic acids is 1. The Hall–Kier alpha value is -3.69. The maximum Gasteiger partial charge on any atom is 0.275 e. The van der Waals surface area contributed by atoms with Gasteiger partial charge in [0, 0.05) is 33.5 Å². The molecule has 2 fully saturated rings. The normalized spacial score (nSPS) is 17.8. The number of nitrogens with one attached hydrogen (secondary N) is 2. The van der Waals surface area contributed by atoms with Crippen LogP contribution in [0, 0.1) is 5.41 Å². The van der Waals surface area contributed by atoms with Gasteiger partial charge in [-0.3, -0.25) is 19.1 Å². The quantitative estimate of drug-likeness (QED) is 0.409. The SMILES string of the molecule is CN(C)C(=O)c1nccc(Nc2c(NC(c3nn(C)cc3C3CC3)C3(C)CCCC3)c(=O)c2=O)c1O. The molecule has 2 saturated carbocycles. The van der Waals surface area contributed by atoms with Crippen molar-refractivity contribution in [3.63, 3.8) is 0 Å². The van der Waals surface area contributed by atoms with Crippen LogP contribution in [-0.4, -0.2) is 44.8 Å². The van der Waals surface area contributed by atoms with Crippen LogP contribution in [0.15, 0.2) is 28.0 Å². The van der Waals surface area contributed by atoms with E-state index in [-0.39, 0.29) is 40.0 Å². The van der Waals surface area contributed by atoms with Crippen LogP contribution in [0.4, 0.5) is 17.1 Å². The molecule has 3 aromatic rings. The molecule has 2 aliphatic rings. The Balaban J connectivity index is 1.51. The van der Waals surface area contributed by atoms with E-state index in [1.165, 1.54) is 22.7 Å². The number of hydrogen-bond acceptors (Lipinski definition) is 8. The molecule has 2 heterocycles. The van der Waals surface area contributed by atoms with E-state index >= 15 is 0 Å². The van der Waals surface area contributed by atoms with Crippen LogP contribution in [0.1, 0.15) is 79.2 Å². The van der Waals surface area contributed by atoms with E-state index in [4.69, 9.17) is 5.10 Å². The third-order valence-electron chi connectivity index (χ3n) is 7.61. The summed E-state index contributed by atoms with van der Waals surface area (Å²) in [6.07, 6.45) is 9.88. The van der Waals surface area contributed by atoms with E-state index in [1.807, 2.05) is 11.7 Å². The molecule has 1 atom stereocenters. The second-order valence-corrected chi connectivity index (χ2v) is 10.6. The molecule has 10 nitrogen and oxygen atoms in total. The lowest BCUT2D eigenvalue weighted by Gasteiger charge is -2.35. The van der Waals surface area contributed by atoms with Crippen LogP contribution in [0.25, 0.3) is 0 Å². The van der Waals surface area contributed by atoms with Gasteiger partial charge in [-0.15, -0.1) is 0 Å². The van der Waals surface area contributed by atoms with E-state index in [1.54, 1.807) is 14.1 Å². The lowest BCUT2D eigenvalue weighted by atomic mass is 9.77. The molecule has 36 heavy (non-hydrogen) atoms. The number of carbonyl (C=O) groups is 1. The molecule has 0 saturated heterocycles. The van der Waals surface area contributed by atoms with Crippen molar-refractivity contribution in [2.75, 3.05) is 24.7 Å². The summed E-state index contributed by atoms with van der Waals surface area (Å²) in [5.74, 6) is -0.374. The summed E-state index contributed by atoms with van der Waals surface area (Å²) in [5.41, 5.74) is 0.979. The Kier molecular flexibility index (Phi) is 5.84. The average Bonchev–Trinajstić information content (AvgIpc) is 3.49. The second-order valence-electron chi connectivity index (χ2n) is 10.6. The molecule has 0 aliphatic heterocycles. The highest BCUT2D eigenvalue weighted by atomic mass is 16.3. The number of aryl methyl sites for hydroxylation is 1. The van der Waals surface area contributed by atoms with E-state index in [0.717, 1.165) is 44.2 Å². The van der Waals surface area contributed by atoms with Crippen molar-refractivity contribution in [1.82, 2.24) is 19.7 Å². The zero-order chi connectivity index (χ0) is 25.8. The van der Waals surface area contributed by atoms with Crippen molar-refractivity contribution >= 4 is 23.0 Å². The molecule has 2 aromatic heterocycles. The summed E-state index contributed by atoms with van der Waals surface area (Å²) in [5, 5.41) is 21.8. The molecule has 0 bridgehead atoms. The van der Waals surface area contributed by atoms with Crippen molar-refractivity contribution in [2.24, 2.45) is 12.5 Å². The fraction of sp³-hybridized carbons (Fsp3) is 0.500. The zero-order valence-electron chi connectivity index (χ0n) is 21.1. The Morgan fingerprint density at radius 3 is 2.50 bits per heavy atom. The number of hydrogen-bond donors (Lipinski definition) is 3. The van der Waals surface area contributed by atoms with Gasteiger partial charge < -0.3 is 20.6 Å². The van der Waals surface area contributed by atoms with Gasteiger partial charge in [-0.1, -0.05) is 19.8 Å². The first-order chi connectivity index (χ1) is 17.1. The van der Waals surface area contributed by atoms with Crippen molar-refractivity contribution in [3.8, 4) is 5.75 Å². The van der Waals surface area contributed by atoms with Crippen LogP contribution in [0.2, 0.25) is 0 Å². The minimum Gasteiger partial charge on any atom is -0.504 e. The summed E-state index contributed by atoms with van der Waals surface area (Å²) < 4.78 is 1.83. The number of amides is 1. The predicted molar refractivity (Wildman–Crippen MR) is 137 cm³/mol. The van der Waals surface area contributed by atoms with Crippen molar-refractivity contribution in [1.29, 1.82) is 0 Å². The molecule has 0 radical (unpaired) electrons. The zero-order valence-corrected chi connectivity index (χ0v) is 21.1. The molecule has 5 rings (SSSR count). The summed E-state index contributed by atoms with van der Waals surface area (Å²) >= 11 is 0. The molecule has 10 heteroatoms. The smallest absolute Gasteiger partial charge is 0.275 e. The first-order valence-corrected chi connectivity index (χ1v) is 12.4. The van der Waals surface area contributed by atoms with Gasteiger partial charge in [-0.05, 0) is 48.6 Å². The molecule has 2 aliphatic carbocycles. The summed E-state index contributed by atoms with van der Waals surface area (Å²) in [4.78, 5) is 43.0. The van der Waals surface area contributed by atoms with Crippen molar-refractivity contribution in [3.05, 3.63) is 55.9 Å². The number of nitrogens with zero attached hydrogens (tertiary/aromatic N) is 4. The molecule has 0 spiro atoms. The first kappa shape index (κ1) is 24.0. The Bertz CT molecular complexity index is 1390. The minimum atomic E-state index is -0.673. The highest BCUT2D eigenvalue weighted by Gasteiger charge is 2.43. The van der Waals surface area contributed by atoms with Gasteiger partial charge in [-0.2, -0.15) is 5.10 Å². The standard InChI is InChI=1S/C26H32N6O4/c1-26(10-5-6-11-26)24(17-15(14-7-8-14)13-32(4)30-17)29-19-18(22(34)23(19)35)28-16-9-12-27-20(21(16)33)25(36)31(2)3/h9,12-14,24,29,33H,5-8,10-11H2,1-4H3,(H,27,28). The molecular weight excluding hydrogens is 460 g/mol. The first-order valence-electron chi connectivity index (χ1n) is 12.4. The molecule has 1 unspecified atom stereocenters. The van der Waals surface area contributed by atoms with Crippen molar-refractivity contribution < 1.29 is 9.90 Å². The maximum atomic E-state index is 12.8. The van der Waals surface area contributed by atoms with E-state index in [0.29, 0.717) is 5.92 Å². The molecule has 3 N–H and O–H groups in total. The number of aromatic hydroxyl groups is 1. The fourth-order valence-corrected chi connectivity index (χ4v) is 5.35. The summed E-state index contributed by atoms with van der Waals surface area (Å²) in [6.45, 7) is 2.22. The Labute approximate surface area is 209 Å². The number of anilines is 3. The molecule has 1 amide bonds. The lowest BCUT2D eigenvalue weighted by Crippen LogP contribution is -2.40. The van der Waals surface area contributed by atoms with Gasteiger partial charge >= 0.3 is 0 Å². The fourth-order valence-electron chi connectivity index (χ4n) is 5.35. The number of pyridine rings is 1. The monoisotopic (exact) mass is 492 g/mol. The molecule has 190 valence electrons. The maximum absolute atomic E-state index is 12.8. The van der Waals surface area contributed by atoms with Gasteiger partial charge in [0.15, 0.2) is 11.4 Å². The van der Waals surface area contributed by atoms with Gasteiger partial charge in [0.1, 0.15) is 11.4 Å². The third kappa shape index (κ3) is 4.04. The number of rotatable bonds is 8. The van der Waals surface area contributed by atoms with Crippen molar-refractivity contribution in [2.45, 2.75) is 57.4 Å². The highest BCUT2D eigenvalue weighted by Crippen LogP contribution is 2.52. The predicted octanol–water partition coefficient (Wildman–Crippen LogP) is 3.17. The van der Waals surface area contributed by atoms with Crippen LogP contribution in [0.3, 0.4) is 0 Å². The number of aromatic nitrogens is 3. The minimum absolute atomic E-state index is 0.0697. The van der Waals surface area contributed by atoms with Gasteiger partial charge in [-0.25, -0.2) is 4.98 Å². The Morgan fingerprint density at radius 1 is 1.19 bits per heavy atom. The van der Waals surface area contributed by atoms with E-state index in [2.05, 4.69) is 28.7 Å². The van der Waals surface area contributed by atoms with E-state index < -0.39 is 16.8 Å². The molecule has 1 aromatic carbocycles. The second kappa shape index (κ2) is 8.76. The van der Waals surface area contributed by atoms with E-state index in [9.17, 15) is 19.5 Å². The average molecular weight is 493 g/mol. The Morgan fingerprint density at radius 2 is 1.86 bits per heavy atom. The van der Waals surface area contributed by atoms with Gasteiger partial charge in [0.2, 0.25) is 0 Å². The topological polar surface area (TPSA) is 129 Å². The van der Waals surface area contributed by atoms with Gasteiger partial charge in [0.25, 0.3) is 16.8 Å². The largest absolute Gasteiger partial charge is 0.504 e.